The number of H-pyrrole nitrogens is 2. The van der Waals surface area contributed by atoms with Crippen LogP contribution in [0.4, 0.5) is 0 Å². The standard InChI is InChI=1S/C23H23N3O3S/c27-23-19(10-17-3-1-2-4-20(17)26-23)22-11-18-9-15(5-6-21(18)25-22)12-24-13-16-7-8-30(28,29)14-16/h1-6,9-11,16,24-25H,7-8,12-14H2,(H,26,27). The van der Waals surface area contributed by atoms with Crippen LogP contribution in [0.2, 0.25) is 0 Å². The van der Waals surface area contributed by atoms with Gasteiger partial charge >= 0.3 is 0 Å². The summed E-state index contributed by atoms with van der Waals surface area (Å²) in [4.78, 5) is 18.9. The zero-order valence-corrected chi connectivity index (χ0v) is 17.3. The Kier molecular flexibility index (Phi) is 4.72. The molecule has 1 aliphatic rings. The van der Waals surface area contributed by atoms with E-state index in [1.54, 1.807) is 0 Å². The summed E-state index contributed by atoms with van der Waals surface area (Å²) < 4.78 is 23.2. The maximum Gasteiger partial charge on any atom is 0.257 e. The lowest BCUT2D eigenvalue weighted by Gasteiger charge is -2.09. The Morgan fingerprint density at radius 2 is 1.80 bits per heavy atom. The molecule has 0 aliphatic carbocycles. The van der Waals surface area contributed by atoms with Crippen LogP contribution in [0.3, 0.4) is 0 Å². The fraction of sp³-hybridized carbons (Fsp3) is 0.261. The maximum atomic E-state index is 12.6. The van der Waals surface area contributed by atoms with Gasteiger partial charge in [0.25, 0.3) is 5.56 Å². The van der Waals surface area contributed by atoms with Gasteiger partial charge in [-0.15, -0.1) is 0 Å². The average molecular weight is 422 g/mol. The highest BCUT2D eigenvalue weighted by Gasteiger charge is 2.27. The summed E-state index contributed by atoms with van der Waals surface area (Å²) in [5.74, 6) is 0.809. The van der Waals surface area contributed by atoms with E-state index < -0.39 is 9.84 Å². The number of hydrogen-bond donors (Lipinski definition) is 3. The number of aromatic nitrogens is 2. The Hall–Kier alpha value is -2.90. The lowest BCUT2D eigenvalue weighted by atomic mass is 10.1. The highest BCUT2D eigenvalue weighted by Crippen LogP contribution is 2.25. The lowest BCUT2D eigenvalue weighted by molar-refractivity contribution is 0.521. The molecule has 2 aromatic heterocycles. The monoisotopic (exact) mass is 421 g/mol. The number of pyridine rings is 1. The van der Waals surface area contributed by atoms with Crippen LogP contribution in [0.5, 0.6) is 0 Å². The summed E-state index contributed by atoms with van der Waals surface area (Å²) in [6, 6.07) is 17.8. The molecular formula is C23H23N3O3S. The van der Waals surface area contributed by atoms with Gasteiger partial charge in [-0.05, 0) is 60.2 Å². The lowest BCUT2D eigenvalue weighted by Crippen LogP contribution is -2.23. The van der Waals surface area contributed by atoms with E-state index in [2.05, 4.69) is 21.4 Å². The molecule has 3 heterocycles. The van der Waals surface area contributed by atoms with Gasteiger partial charge < -0.3 is 15.3 Å². The van der Waals surface area contributed by atoms with Gasteiger partial charge in [-0.1, -0.05) is 24.3 Å². The van der Waals surface area contributed by atoms with E-state index in [0.717, 1.165) is 39.5 Å². The molecule has 6 nitrogen and oxygen atoms in total. The van der Waals surface area contributed by atoms with Crippen molar-refractivity contribution in [3.8, 4) is 11.3 Å². The molecule has 0 amide bonds. The topological polar surface area (TPSA) is 94.8 Å². The second-order valence-corrected chi connectivity index (χ2v) is 10.3. The van der Waals surface area contributed by atoms with Crippen molar-refractivity contribution >= 4 is 31.6 Å². The first kappa shape index (κ1) is 19.1. The van der Waals surface area contributed by atoms with Gasteiger partial charge in [0.1, 0.15) is 0 Å². The van der Waals surface area contributed by atoms with Crippen LogP contribution in [-0.2, 0) is 16.4 Å². The van der Waals surface area contributed by atoms with Crippen molar-refractivity contribution in [3.63, 3.8) is 0 Å². The molecule has 1 unspecified atom stereocenters. The molecule has 154 valence electrons. The molecule has 1 fully saturated rings. The van der Waals surface area contributed by atoms with Crippen LogP contribution < -0.4 is 10.9 Å². The molecule has 7 heteroatoms. The molecule has 0 radical (unpaired) electrons. The third-order valence-corrected chi connectivity index (χ3v) is 7.65. The normalized spacial score (nSPS) is 18.3. The van der Waals surface area contributed by atoms with Gasteiger partial charge in [0.2, 0.25) is 0 Å². The van der Waals surface area contributed by atoms with Gasteiger partial charge in [0, 0.05) is 23.0 Å². The van der Waals surface area contributed by atoms with Crippen LogP contribution in [0.25, 0.3) is 33.1 Å². The van der Waals surface area contributed by atoms with Crippen molar-refractivity contribution in [2.24, 2.45) is 5.92 Å². The molecule has 4 aromatic rings. The second kappa shape index (κ2) is 7.41. The summed E-state index contributed by atoms with van der Waals surface area (Å²) >= 11 is 0. The Morgan fingerprint density at radius 1 is 0.967 bits per heavy atom. The second-order valence-electron chi connectivity index (χ2n) is 8.10. The number of aromatic amines is 2. The smallest absolute Gasteiger partial charge is 0.257 e. The van der Waals surface area contributed by atoms with Crippen molar-refractivity contribution in [2.75, 3.05) is 18.1 Å². The number of para-hydroxylation sites is 1. The minimum absolute atomic E-state index is 0.117. The van der Waals surface area contributed by atoms with Crippen molar-refractivity contribution in [3.05, 3.63) is 70.5 Å². The molecule has 0 bridgehead atoms. The van der Waals surface area contributed by atoms with E-state index in [4.69, 9.17) is 0 Å². The van der Waals surface area contributed by atoms with Gasteiger partial charge in [0.05, 0.1) is 22.8 Å². The van der Waals surface area contributed by atoms with Crippen molar-refractivity contribution in [1.29, 1.82) is 0 Å². The third-order valence-electron chi connectivity index (χ3n) is 5.82. The van der Waals surface area contributed by atoms with Crippen LogP contribution in [-0.4, -0.2) is 36.4 Å². The largest absolute Gasteiger partial charge is 0.354 e. The minimum atomic E-state index is -2.83. The van der Waals surface area contributed by atoms with Crippen molar-refractivity contribution < 1.29 is 8.42 Å². The average Bonchev–Trinajstić information content (AvgIpc) is 3.29. The molecule has 0 spiro atoms. The zero-order valence-electron chi connectivity index (χ0n) is 16.4. The SMILES string of the molecule is O=c1[nH]c2ccccc2cc1-c1cc2cc(CNCC3CCS(=O)(=O)C3)ccc2[nH]1. The number of benzene rings is 2. The molecule has 1 atom stereocenters. The minimum Gasteiger partial charge on any atom is -0.354 e. The van der Waals surface area contributed by atoms with Crippen molar-refractivity contribution in [1.82, 2.24) is 15.3 Å². The molecule has 5 rings (SSSR count). The van der Waals surface area contributed by atoms with E-state index in [1.165, 1.54) is 0 Å². The number of rotatable bonds is 5. The molecule has 0 saturated carbocycles. The Bertz CT molecular complexity index is 1400. The van der Waals surface area contributed by atoms with Crippen LogP contribution >= 0.6 is 0 Å². The molecule has 3 N–H and O–H groups in total. The fourth-order valence-electron chi connectivity index (χ4n) is 4.24. The number of fused-ring (bicyclic) bond motifs is 2. The van der Waals surface area contributed by atoms with E-state index in [9.17, 15) is 13.2 Å². The Morgan fingerprint density at radius 3 is 2.63 bits per heavy atom. The Labute approximate surface area is 174 Å². The molecular weight excluding hydrogens is 398 g/mol. The summed E-state index contributed by atoms with van der Waals surface area (Å²) in [6.07, 6.45) is 0.746. The van der Waals surface area contributed by atoms with Gasteiger partial charge in [-0.25, -0.2) is 8.42 Å². The van der Waals surface area contributed by atoms with E-state index >= 15 is 0 Å². The zero-order chi connectivity index (χ0) is 20.7. The van der Waals surface area contributed by atoms with Crippen LogP contribution in [0, 0.1) is 5.92 Å². The van der Waals surface area contributed by atoms with E-state index in [-0.39, 0.29) is 11.5 Å². The predicted octanol–water partition coefficient (Wildman–Crippen LogP) is 3.20. The first-order valence-corrected chi connectivity index (χ1v) is 11.9. The number of nitrogens with one attached hydrogen (secondary N) is 3. The third kappa shape index (κ3) is 3.78. The van der Waals surface area contributed by atoms with Gasteiger partial charge in [0.15, 0.2) is 9.84 Å². The number of sulfone groups is 1. The molecule has 30 heavy (non-hydrogen) atoms. The highest BCUT2D eigenvalue weighted by molar-refractivity contribution is 7.91. The first-order valence-electron chi connectivity index (χ1n) is 10.1. The molecule has 1 aliphatic heterocycles. The van der Waals surface area contributed by atoms with E-state index in [1.807, 2.05) is 48.5 Å². The van der Waals surface area contributed by atoms with E-state index in [0.29, 0.717) is 30.2 Å². The van der Waals surface area contributed by atoms with Crippen molar-refractivity contribution in [2.45, 2.75) is 13.0 Å². The predicted molar refractivity (Wildman–Crippen MR) is 120 cm³/mol. The molecule has 2 aromatic carbocycles. The summed E-state index contributed by atoms with van der Waals surface area (Å²) in [5, 5.41) is 5.42. The summed E-state index contributed by atoms with van der Waals surface area (Å²) in [6.45, 7) is 1.39. The van der Waals surface area contributed by atoms with Crippen LogP contribution in [0.1, 0.15) is 12.0 Å². The van der Waals surface area contributed by atoms with Gasteiger partial charge in [-0.3, -0.25) is 4.79 Å². The Balaban J connectivity index is 1.35. The number of hydrogen-bond acceptors (Lipinski definition) is 4. The first-order chi connectivity index (χ1) is 14.5. The summed E-state index contributed by atoms with van der Waals surface area (Å²) in [7, 11) is -2.83. The summed E-state index contributed by atoms with van der Waals surface area (Å²) in [5.41, 5.74) is 4.22. The quantitative estimate of drug-likeness (QED) is 0.461. The molecule has 1 saturated heterocycles. The van der Waals surface area contributed by atoms with Gasteiger partial charge in [-0.2, -0.15) is 0 Å². The fourth-order valence-corrected chi connectivity index (χ4v) is 6.10. The van der Waals surface area contributed by atoms with Crippen LogP contribution in [0.15, 0.2) is 59.4 Å². The maximum absolute atomic E-state index is 12.6. The highest BCUT2D eigenvalue weighted by atomic mass is 32.2.